The van der Waals surface area contributed by atoms with Crippen molar-refractivity contribution in [2.45, 2.75) is 38.4 Å². The molecule has 40 heavy (non-hydrogen) atoms. The molecule has 4 heterocycles. The van der Waals surface area contributed by atoms with Crippen molar-refractivity contribution in [1.82, 2.24) is 20.2 Å². The molecule has 6 rings (SSSR count). The summed E-state index contributed by atoms with van der Waals surface area (Å²) in [5.41, 5.74) is 4.53. The van der Waals surface area contributed by atoms with E-state index in [0.29, 0.717) is 51.9 Å². The van der Waals surface area contributed by atoms with Gasteiger partial charge >= 0.3 is 6.01 Å². The molecule has 0 aliphatic carbocycles. The summed E-state index contributed by atoms with van der Waals surface area (Å²) in [6.45, 7) is 6.92. The molecule has 208 valence electrons. The van der Waals surface area contributed by atoms with Crippen LogP contribution < -0.4 is 19.9 Å². The van der Waals surface area contributed by atoms with Gasteiger partial charge in [0, 0.05) is 56.5 Å². The van der Waals surface area contributed by atoms with Gasteiger partial charge < -0.3 is 29.5 Å². The van der Waals surface area contributed by atoms with Crippen LogP contribution in [0.4, 0.5) is 11.5 Å². The lowest BCUT2D eigenvalue weighted by atomic mass is 9.99. The second-order valence-corrected chi connectivity index (χ2v) is 10.7. The van der Waals surface area contributed by atoms with Crippen LogP contribution in [0.5, 0.6) is 6.01 Å². The second kappa shape index (κ2) is 11.3. The van der Waals surface area contributed by atoms with E-state index < -0.39 is 0 Å². The first kappa shape index (κ1) is 26.3. The van der Waals surface area contributed by atoms with Gasteiger partial charge in [-0.2, -0.15) is 15.2 Å². The smallest absolute Gasteiger partial charge is 0.318 e. The summed E-state index contributed by atoms with van der Waals surface area (Å²) in [4.78, 5) is 29.1. The zero-order chi connectivity index (χ0) is 27.6. The number of benzene rings is 2. The van der Waals surface area contributed by atoms with Crippen molar-refractivity contribution in [1.29, 1.82) is 5.26 Å². The van der Waals surface area contributed by atoms with E-state index in [0.717, 1.165) is 30.0 Å². The summed E-state index contributed by atoms with van der Waals surface area (Å²) in [7, 11) is 1.64. The third-order valence-corrected chi connectivity index (χ3v) is 8.07. The number of anilines is 2. The fourth-order valence-corrected chi connectivity index (χ4v) is 5.96. The average molecular weight is 542 g/mol. The van der Waals surface area contributed by atoms with Crippen molar-refractivity contribution < 1.29 is 14.3 Å². The Bertz CT molecular complexity index is 1450. The van der Waals surface area contributed by atoms with Crippen LogP contribution in [0, 0.1) is 18.3 Å². The number of nitriles is 1. The molecule has 0 saturated carbocycles. The maximum Gasteiger partial charge on any atom is 0.318 e. The highest BCUT2D eigenvalue weighted by Crippen LogP contribution is 2.36. The number of nitrogens with zero attached hydrogens (tertiary/aromatic N) is 6. The predicted octanol–water partition coefficient (Wildman–Crippen LogP) is 2.43. The summed E-state index contributed by atoms with van der Waals surface area (Å²) in [6, 6.07) is 15.2. The van der Waals surface area contributed by atoms with Gasteiger partial charge in [-0.05, 0) is 30.4 Å². The van der Waals surface area contributed by atoms with Gasteiger partial charge in [-0.3, -0.25) is 4.79 Å². The number of rotatable bonds is 8. The summed E-state index contributed by atoms with van der Waals surface area (Å²) >= 11 is 0. The van der Waals surface area contributed by atoms with Crippen LogP contribution in [0.15, 0.2) is 36.4 Å². The maximum atomic E-state index is 12.9. The lowest BCUT2D eigenvalue weighted by molar-refractivity contribution is -0.133. The van der Waals surface area contributed by atoms with Crippen LogP contribution in [0.2, 0.25) is 0 Å². The van der Waals surface area contributed by atoms with E-state index >= 15 is 0 Å². The van der Waals surface area contributed by atoms with E-state index in [-0.39, 0.29) is 24.4 Å². The van der Waals surface area contributed by atoms with E-state index in [1.807, 2.05) is 4.90 Å². The number of fused-ring (bicyclic) bond motifs is 2. The van der Waals surface area contributed by atoms with Gasteiger partial charge in [-0.15, -0.1) is 0 Å². The fraction of sp³-hybridized carbons (Fsp3) is 0.467. The number of hydrogen-bond acceptors (Lipinski definition) is 9. The van der Waals surface area contributed by atoms with E-state index in [4.69, 9.17) is 19.4 Å². The Kier molecular flexibility index (Phi) is 7.41. The molecule has 10 nitrogen and oxygen atoms in total. The van der Waals surface area contributed by atoms with Gasteiger partial charge in [0.25, 0.3) is 0 Å². The molecule has 0 radical (unpaired) electrons. The lowest BCUT2D eigenvalue weighted by Gasteiger charge is -2.42. The normalized spacial score (nSPS) is 20.3. The first-order chi connectivity index (χ1) is 19.6. The molecule has 0 spiro atoms. The molecule has 0 unspecified atom stereocenters. The summed E-state index contributed by atoms with van der Waals surface area (Å²) < 4.78 is 11.1. The molecule has 3 aliphatic rings. The van der Waals surface area contributed by atoms with E-state index in [2.05, 4.69) is 64.5 Å². The van der Waals surface area contributed by atoms with Gasteiger partial charge in [0.15, 0.2) is 0 Å². The first-order valence-electron chi connectivity index (χ1n) is 14.0. The van der Waals surface area contributed by atoms with Crippen molar-refractivity contribution in [2.24, 2.45) is 0 Å². The van der Waals surface area contributed by atoms with Gasteiger partial charge in [0.2, 0.25) is 5.91 Å². The Morgan fingerprint density at radius 2 is 1.95 bits per heavy atom. The summed E-state index contributed by atoms with van der Waals surface area (Å²) in [6.07, 6.45) is 1.08. The molecule has 3 aromatic rings. The molecular formula is C30H35N7O3. The highest BCUT2D eigenvalue weighted by molar-refractivity contribution is 5.97. The molecule has 2 aromatic carbocycles. The molecule has 2 fully saturated rings. The van der Waals surface area contributed by atoms with Crippen LogP contribution >= 0.6 is 0 Å². The quantitative estimate of drug-likeness (QED) is 0.339. The third kappa shape index (κ3) is 5.15. The molecule has 10 heteroatoms. The maximum absolute atomic E-state index is 12.9. The second-order valence-electron chi connectivity index (χ2n) is 10.7. The standard InChI is InChI=1S/C30H35N7O3/c1-20-5-3-6-21-7-4-8-26(27(20)21)35-12-10-23-25(19-35)33-30(40-16-15-39-2)34-28(23)36-13-14-37(22(18-36)9-11-31)29(38)24-17-32-24/h3-8,22,24,32H,9-10,12-19H2,1-2H3/t22-,24-/m0/s1. The number of carbonyl (C=O) groups is 1. The number of amides is 1. The first-order valence-corrected chi connectivity index (χ1v) is 14.0. The molecule has 3 aliphatic heterocycles. The van der Waals surface area contributed by atoms with Gasteiger partial charge in [-0.1, -0.05) is 30.3 Å². The van der Waals surface area contributed by atoms with Crippen molar-refractivity contribution in [2.75, 3.05) is 62.8 Å². The molecule has 1 aromatic heterocycles. The van der Waals surface area contributed by atoms with Crippen molar-refractivity contribution in [3.63, 3.8) is 0 Å². The van der Waals surface area contributed by atoms with Crippen molar-refractivity contribution in [3.05, 3.63) is 53.2 Å². The minimum Gasteiger partial charge on any atom is -0.461 e. The fourth-order valence-electron chi connectivity index (χ4n) is 5.96. The van der Waals surface area contributed by atoms with E-state index in [1.165, 1.54) is 22.0 Å². The minimum atomic E-state index is -0.184. The zero-order valence-electron chi connectivity index (χ0n) is 23.1. The minimum absolute atomic E-state index is 0.0919. The number of aromatic nitrogens is 2. The topological polar surface area (TPSA) is 117 Å². The number of methoxy groups -OCH3 is 1. The van der Waals surface area contributed by atoms with Crippen LogP contribution in [0.25, 0.3) is 10.8 Å². The predicted molar refractivity (Wildman–Crippen MR) is 153 cm³/mol. The van der Waals surface area contributed by atoms with Crippen molar-refractivity contribution in [3.8, 4) is 12.1 Å². The van der Waals surface area contributed by atoms with Gasteiger partial charge in [0.1, 0.15) is 12.4 Å². The number of hydrogen-bond donors (Lipinski definition) is 1. The summed E-state index contributed by atoms with van der Waals surface area (Å²) in [5.74, 6) is 0.944. The Hall–Kier alpha value is -3.94. The monoisotopic (exact) mass is 541 g/mol. The van der Waals surface area contributed by atoms with Gasteiger partial charge in [-0.25, -0.2) is 0 Å². The number of carbonyl (C=O) groups excluding carboxylic acids is 1. The van der Waals surface area contributed by atoms with Crippen LogP contribution in [-0.4, -0.2) is 85.9 Å². The van der Waals surface area contributed by atoms with Crippen LogP contribution in [0.1, 0.15) is 23.2 Å². The Balaban J connectivity index is 1.32. The summed E-state index contributed by atoms with van der Waals surface area (Å²) in [5, 5.41) is 15.1. The molecule has 1 amide bonds. The Morgan fingerprint density at radius 3 is 2.73 bits per heavy atom. The molecule has 1 N–H and O–H groups in total. The molecular weight excluding hydrogens is 506 g/mol. The Labute approximate surface area is 234 Å². The van der Waals surface area contributed by atoms with E-state index in [1.54, 1.807) is 7.11 Å². The number of piperazine rings is 1. The number of nitrogens with one attached hydrogen (secondary N) is 1. The molecule has 0 bridgehead atoms. The SMILES string of the molecule is COCCOc1nc2c(c(N3CCN(C(=O)[C@@H]4CN4)[C@@H](CC#N)C3)n1)CCN(c1cccc3cccc(C)c13)C2. The number of aryl methyl sites for hydroxylation is 1. The Morgan fingerprint density at radius 1 is 1.12 bits per heavy atom. The highest BCUT2D eigenvalue weighted by atomic mass is 16.5. The van der Waals surface area contributed by atoms with Crippen LogP contribution in [-0.2, 0) is 22.5 Å². The third-order valence-electron chi connectivity index (χ3n) is 8.07. The average Bonchev–Trinajstić information content (AvgIpc) is 3.82. The van der Waals surface area contributed by atoms with Gasteiger partial charge in [0.05, 0.1) is 43.4 Å². The highest BCUT2D eigenvalue weighted by Gasteiger charge is 2.39. The number of ether oxygens (including phenoxy) is 2. The zero-order valence-corrected chi connectivity index (χ0v) is 23.1. The lowest BCUT2D eigenvalue weighted by Crippen LogP contribution is -2.57. The molecule has 2 atom stereocenters. The van der Waals surface area contributed by atoms with E-state index in [9.17, 15) is 10.1 Å². The largest absolute Gasteiger partial charge is 0.461 e. The molecule has 2 saturated heterocycles. The van der Waals surface area contributed by atoms with Crippen molar-refractivity contribution >= 4 is 28.2 Å². The van der Waals surface area contributed by atoms with Crippen LogP contribution in [0.3, 0.4) is 0 Å².